The summed E-state index contributed by atoms with van der Waals surface area (Å²) in [5.41, 5.74) is 4.50. The first-order valence-corrected chi connectivity index (χ1v) is 5.98. The van der Waals surface area contributed by atoms with Gasteiger partial charge >= 0.3 is 0 Å². The lowest BCUT2D eigenvalue weighted by Crippen LogP contribution is -1.94. The Morgan fingerprint density at radius 3 is 2.78 bits per heavy atom. The number of halogens is 1. The van der Waals surface area contributed by atoms with Crippen molar-refractivity contribution in [3.05, 3.63) is 40.7 Å². The van der Waals surface area contributed by atoms with Crippen molar-refractivity contribution in [2.45, 2.75) is 13.8 Å². The third-order valence-corrected chi connectivity index (χ3v) is 3.03. The number of imidazole rings is 1. The van der Waals surface area contributed by atoms with E-state index in [9.17, 15) is 0 Å². The van der Waals surface area contributed by atoms with Crippen molar-refractivity contribution >= 4 is 22.6 Å². The molecule has 5 heteroatoms. The van der Waals surface area contributed by atoms with Crippen LogP contribution < -0.4 is 0 Å². The van der Waals surface area contributed by atoms with E-state index >= 15 is 0 Å². The first kappa shape index (κ1) is 11.2. The summed E-state index contributed by atoms with van der Waals surface area (Å²) in [4.78, 5) is 7.80. The van der Waals surface area contributed by atoms with Crippen LogP contribution >= 0.6 is 11.6 Å². The van der Waals surface area contributed by atoms with Gasteiger partial charge in [-0.1, -0.05) is 11.6 Å². The maximum Gasteiger partial charge on any atom is 0.140 e. The molecule has 3 aromatic rings. The molecule has 0 aliphatic carbocycles. The van der Waals surface area contributed by atoms with Crippen molar-refractivity contribution in [1.82, 2.24) is 20.2 Å². The molecule has 0 bridgehead atoms. The number of hydrogen-bond acceptors (Lipinski definition) is 3. The third kappa shape index (κ3) is 1.84. The molecule has 0 saturated heterocycles. The molecule has 0 saturated carbocycles. The van der Waals surface area contributed by atoms with E-state index in [1.165, 1.54) is 0 Å². The molecule has 1 aromatic carbocycles. The summed E-state index contributed by atoms with van der Waals surface area (Å²) >= 11 is 5.96. The second-order valence-corrected chi connectivity index (χ2v) is 4.67. The van der Waals surface area contributed by atoms with E-state index in [1.54, 1.807) is 0 Å². The van der Waals surface area contributed by atoms with Gasteiger partial charge < -0.3 is 4.98 Å². The summed E-state index contributed by atoms with van der Waals surface area (Å²) in [5.74, 6) is 0.794. The Morgan fingerprint density at radius 1 is 1.11 bits per heavy atom. The number of H-pyrrole nitrogens is 1. The molecule has 0 spiro atoms. The maximum absolute atomic E-state index is 5.96. The van der Waals surface area contributed by atoms with Crippen LogP contribution in [0.4, 0.5) is 0 Å². The van der Waals surface area contributed by atoms with Crippen LogP contribution in [0.5, 0.6) is 0 Å². The molecular formula is C13H11ClN4. The SMILES string of the molecule is Cc1cc(-c2nc3ccc(Cl)cc3[nH]2)c(C)nn1. The molecule has 0 amide bonds. The van der Waals surface area contributed by atoms with Gasteiger partial charge in [0.15, 0.2) is 0 Å². The molecular weight excluding hydrogens is 248 g/mol. The summed E-state index contributed by atoms with van der Waals surface area (Å²) < 4.78 is 0. The number of fused-ring (bicyclic) bond motifs is 1. The lowest BCUT2D eigenvalue weighted by molar-refractivity contribution is 0.940. The Balaban J connectivity index is 2.22. The van der Waals surface area contributed by atoms with Crippen LogP contribution in [0.2, 0.25) is 5.02 Å². The number of nitrogens with zero attached hydrogens (tertiary/aromatic N) is 3. The van der Waals surface area contributed by atoms with Crippen molar-refractivity contribution in [3.63, 3.8) is 0 Å². The molecule has 0 radical (unpaired) electrons. The minimum absolute atomic E-state index is 0.693. The van der Waals surface area contributed by atoms with Crippen LogP contribution in [0.25, 0.3) is 22.4 Å². The number of hydrogen-bond donors (Lipinski definition) is 1. The Morgan fingerprint density at radius 2 is 1.94 bits per heavy atom. The molecule has 0 aliphatic heterocycles. The second kappa shape index (κ2) is 4.07. The lowest BCUT2D eigenvalue weighted by atomic mass is 10.2. The normalized spacial score (nSPS) is 11.1. The summed E-state index contributed by atoms with van der Waals surface area (Å²) in [5, 5.41) is 8.82. The minimum Gasteiger partial charge on any atom is -0.338 e. The van der Waals surface area contributed by atoms with Gasteiger partial charge in [-0.15, -0.1) is 0 Å². The van der Waals surface area contributed by atoms with Crippen LogP contribution in [0.15, 0.2) is 24.3 Å². The number of benzene rings is 1. The van der Waals surface area contributed by atoms with E-state index in [0.29, 0.717) is 5.02 Å². The average molecular weight is 259 g/mol. The predicted octanol–water partition coefficient (Wildman–Crippen LogP) is 3.29. The first-order valence-electron chi connectivity index (χ1n) is 5.60. The molecule has 18 heavy (non-hydrogen) atoms. The highest BCUT2D eigenvalue weighted by atomic mass is 35.5. The van der Waals surface area contributed by atoms with Crippen molar-refractivity contribution < 1.29 is 0 Å². The van der Waals surface area contributed by atoms with E-state index in [-0.39, 0.29) is 0 Å². The van der Waals surface area contributed by atoms with Gasteiger partial charge in [0.2, 0.25) is 0 Å². The van der Waals surface area contributed by atoms with Gasteiger partial charge in [0.25, 0.3) is 0 Å². The topological polar surface area (TPSA) is 54.5 Å². The van der Waals surface area contributed by atoms with Crippen LogP contribution in [-0.2, 0) is 0 Å². The predicted molar refractivity (Wildman–Crippen MR) is 71.6 cm³/mol. The molecule has 2 aromatic heterocycles. The molecule has 0 aliphatic rings. The zero-order valence-corrected chi connectivity index (χ0v) is 10.8. The number of nitrogens with one attached hydrogen (secondary N) is 1. The summed E-state index contributed by atoms with van der Waals surface area (Å²) in [6.07, 6.45) is 0. The maximum atomic E-state index is 5.96. The average Bonchev–Trinajstić information content (AvgIpc) is 2.74. The largest absolute Gasteiger partial charge is 0.338 e. The molecule has 2 heterocycles. The van der Waals surface area contributed by atoms with E-state index in [2.05, 4.69) is 20.2 Å². The molecule has 3 rings (SSSR count). The molecule has 90 valence electrons. The van der Waals surface area contributed by atoms with Crippen molar-refractivity contribution in [1.29, 1.82) is 0 Å². The molecule has 0 fully saturated rings. The number of aromatic nitrogens is 4. The Labute approximate surface area is 109 Å². The van der Waals surface area contributed by atoms with Gasteiger partial charge in [0, 0.05) is 10.6 Å². The number of aryl methyl sites for hydroxylation is 2. The van der Waals surface area contributed by atoms with Gasteiger partial charge in [-0.25, -0.2) is 4.98 Å². The summed E-state index contributed by atoms with van der Waals surface area (Å²) in [7, 11) is 0. The summed E-state index contributed by atoms with van der Waals surface area (Å²) in [6.45, 7) is 3.83. The first-order chi connectivity index (χ1) is 8.63. The van der Waals surface area contributed by atoms with Gasteiger partial charge in [-0.3, -0.25) is 0 Å². The Hall–Kier alpha value is -1.94. The lowest BCUT2D eigenvalue weighted by Gasteiger charge is -2.01. The third-order valence-electron chi connectivity index (χ3n) is 2.80. The fraction of sp³-hybridized carbons (Fsp3) is 0.154. The fourth-order valence-electron chi connectivity index (χ4n) is 1.90. The highest BCUT2D eigenvalue weighted by molar-refractivity contribution is 6.31. The van der Waals surface area contributed by atoms with Gasteiger partial charge in [-0.05, 0) is 38.1 Å². The van der Waals surface area contributed by atoms with Crippen molar-refractivity contribution in [3.8, 4) is 11.4 Å². The smallest absolute Gasteiger partial charge is 0.140 e. The summed E-state index contributed by atoms with van der Waals surface area (Å²) in [6, 6.07) is 7.57. The second-order valence-electron chi connectivity index (χ2n) is 4.23. The van der Waals surface area contributed by atoms with E-state index in [1.807, 2.05) is 38.1 Å². The molecule has 1 N–H and O–H groups in total. The monoisotopic (exact) mass is 258 g/mol. The van der Waals surface area contributed by atoms with Gasteiger partial charge in [0.05, 0.1) is 22.4 Å². The minimum atomic E-state index is 0.693. The van der Waals surface area contributed by atoms with Crippen molar-refractivity contribution in [2.24, 2.45) is 0 Å². The molecule has 0 atom stereocenters. The molecule has 0 unspecified atom stereocenters. The van der Waals surface area contributed by atoms with Gasteiger partial charge in [-0.2, -0.15) is 10.2 Å². The standard InChI is InChI=1S/C13H11ClN4/c1-7-5-10(8(2)18-17-7)13-15-11-4-3-9(14)6-12(11)16-13/h3-6H,1-2H3,(H,15,16). The Kier molecular flexibility index (Phi) is 2.52. The van der Waals surface area contributed by atoms with Crippen LogP contribution in [0.3, 0.4) is 0 Å². The zero-order valence-electron chi connectivity index (χ0n) is 10.0. The molecule has 4 nitrogen and oxygen atoms in total. The highest BCUT2D eigenvalue weighted by Crippen LogP contribution is 2.24. The Bertz CT molecular complexity index is 733. The van der Waals surface area contributed by atoms with E-state index in [4.69, 9.17) is 11.6 Å². The van der Waals surface area contributed by atoms with Crippen LogP contribution in [-0.4, -0.2) is 20.2 Å². The van der Waals surface area contributed by atoms with Gasteiger partial charge in [0.1, 0.15) is 5.82 Å². The fourth-order valence-corrected chi connectivity index (χ4v) is 2.07. The van der Waals surface area contributed by atoms with Crippen LogP contribution in [0.1, 0.15) is 11.4 Å². The quantitative estimate of drug-likeness (QED) is 0.729. The highest BCUT2D eigenvalue weighted by Gasteiger charge is 2.09. The number of rotatable bonds is 1. The van der Waals surface area contributed by atoms with Crippen LogP contribution in [0, 0.1) is 13.8 Å². The van der Waals surface area contributed by atoms with E-state index in [0.717, 1.165) is 33.8 Å². The van der Waals surface area contributed by atoms with Crippen molar-refractivity contribution in [2.75, 3.05) is 0 Å². The zero-order chi connectivity index (χ0) is 12.7. The van der Waals surface area contributed by atoms with E-state index < -0.39 is 0 Å². The number of aromatic amines is 1.